The number of anilines is 1. The van der Waals surface area contributed by atoms with Gasteiger partial charge in [-0.1, -0.05) is 0 Å². The van der Waals surface area contributed by atoms with Crippen molar-refractivity contribution >= 4 is 35.9 Å². The van der Waals surface area contributed by atoms with Crippen LogP contribution in [0.15, 0.2) is 18.2 Å². The van der Waals surface area contributed by atoms with Gasteiger partial charge in [-0.05, 0) is 50.0 Å². The van der Waals surface area contributed by atoms with Crippen LogP contribution in [-0.4, -0.2) is 45.2 Å². The number of methoxy groups -OCH3 is 2. The van der Waals surface area contributed by atoms with Gasteiger partial charge in [-0.3, -0.25) is 4.79 Å². The quantitative estimate of drug-likeness (QED) is 0.744. The fourth-order valence-electron chi connectivity index (χ4n) is 2.69. The van der Waals surface area contributed by atoms with Crippen LogP contribution in [-0.2, 0) is 14.3 Å². The molecule has 7 nitrogen and oxygen atoms in total. The average Bonchev–Trinajstić information content (AvgIpc) is 3.11. The van der Waals surface area contributed by atoms with Gasteiger partial charge in [0.05, 0.1) is 25.3 Å². The van der Waals surface area contributed by atoms with Gasteiger partial charge >= 0.3 is 11.9 Å². The van der Waals surface area contributed by atoms with Crippen LogP contribution in [0.25, 0.3) is 0 Å². The van der Waals surface area contributed by atoms with Crippen LogP contribution in [0.5, 0.6) is 0 Å². The van der Waals surface area contributed by atoms with Crippen molar-refractivity contribution in [1.29, 1.82) is 0 Å². The Morgan fingerprint density at radius 2 is 1.72 bits per heavy atom. The van der Waals surface area contributed by atoms with Crippen LogP contribution in [0.2, 0.25) is 0 Å². The lowest BCUT2D eigenvalue weighted by Gasteiger charge is -2.11. The summed E-state index contributed by atoms with van der Waals surface area (Å²) in [4.78, 5) is 35.5. The highest BCUT2D eigenvalue weighted by Gasteiger charge is 2.17. The van der Waals surface area contributed by atoms with Crippen molar-refractivity contribution in [2.45, 2.75) is 19.3 Å². The minimum absolute atomic E-state index is 0. The molecule has 1 atom stereocenters. The number of hydrogen-bond donors (Lipinski definition) is 2. The van der Waals surface area contributed by atoms with E-state index in [-0.39, 0.29) is 29.4 Å². The fourth-order valence-corrected chi connectivity index (χ4v) is 2.69. The van der Waals surface area contributed by atoms with E-state index in [9.17, 15) is 14.4 Å². The standard InChI is InChI=1S/C17H22N2O5.ClH/c1-23-16(21)12-7-13(17(22)24-2)9-14(8-12)19-15(20)4-3-11-5-6-18-10-11;/h7-9,11,18H,3-6,10H2,1-2H3,(H,19,20);1H. The Morgan fingerprint density at radius 3 is 2.20 bits per heavy atom. The Bertz CT molecular complexity index is 595. The van der Waals surface area contributed by atoms with Gasteiger partial charge in [0.25, 0.3) is 0 Å². The molecule has 1 unspecified atom stereocenters. The number of hydrogen-bond acceptors (Lipinski definition) is 6. The van der Waals surface area contributed by atoms with Crippen LogP contribution in [0.4, 0.5) is 5.69 Å². The number of halogens is 1. The van der Waals surface area contributed by atoms with E-state index in [1.54, 1.807) is 0 Å². The zero-order valence-corrected chi connectivity index (χ0v) is 15.1. The van der Waals surface area contributed by atoms with Gasteiger partial charge in [-0.2, -0.15) is 0 Å². The highest BCUT2D eigenvalue weighted by Crippen LogP contribution is 2.19. The number of esters is 2. The van der Waals surface area contributed by atoms with E-state index < -0.39 is 11.9 Å². The lowest BCUT2D eigenvalue weighted by atomic mass is 10.0. The van der Waals surface area contributed by atoms with Crippen LogP contribution in [0.1, 0.15) is 40.0 Å². The molecule has 0 radical (unpaired) electrons. The van der Waals surface area contributed by atoms with Crippen molar-refractivity contribution in [3.63, 3.8) is 0 Å². The number of rotatable bonds is 6. The molecule has 138 valence electrons. The third-order valence-electron chi connectivity index (χ3n) is 4.00. The topological polar surface area (TPSA) is 93.7 Å². The maximum atomic E-state index is 12.1. The molecule has 1 aromatic rings. The van der Waals surface area contributed by atoms with Gasteiger partial charge in [-0.15, -0.1) is 12.4 Å². The molecule has 0 bridgehead atoms. The molecule has 0 aliphatic carbocycles. The normalized spacial score (nSPS) is 15.8. The first-order chi connectivity index (χ1) is 11.5. The molecule has 1 aromatic carbocycles. The molecule has 0 spiro atoms. The first kappa shape index (κ1) is 20.9. The monoisotopic (exact) mass is 370 g/mol. The summed E-state index contributed by atoms with van der Waals surface area (Å²) in [6.07, 6.45) is 2.28. The Balaban J connectivity index is 0.00000312. The second kappa shape index (κ2) is 10.0. The molecule has 8 heteroatoms. The number of carbonyl (C=O) groups excluding carboxylic acids is 3. The molecule has 2 N–H and O–H groups in total. The van der Waals surface area contributed by atoms with Gasteiger partial charge < -0.3 is 20.1 Å². The van der Waals surface area contributed by atoms with Crippen molar-refractivity contribution in [3.05, 3.63) is 29.3 Å². The predicted molar refractivity (Wildman–Crippen MR) is 95.2 cm³/mol. The number of nitrogens with one attached hydrogen (secondary N) is 2. The molecule has 1 amide bonds. The van der Waals surface area contributed by atoms with E-state index >= 15 is 0 Å². The molecular weight excluding hydrogens is 348 g/mol. The summed E-state index contributed by atoms with van der Waals surface area (Å²) < 4.78 is 9.34. The summed E-state index contributed by atoms with van der Waals surface area (Å²) in [6.45, 7) is 1.94. The smallest absolute Gasteiger partial charge is 0.337 e. The second-order valence-corrected chi connectivity index (χ2v) is 5.73. The largest absolute Gasteiger partial charge is 0.465 e. The van der Waals surface area contributed by atoms with Crippen LogP contribution in [0, 0.1) is 5.92 Å². The van der Waals surface area contributed by atoms with Crippen LogP contribution < -0.4 is 10.6 Å². The maximum absolute atomic E-state index is 12.1. The molecule has 0 aromatic heterocycles. The molecule has 1 heterocycles. The Kier molecular flexibility index (Phi) is 8.37. The van der Waals surface area contributed by atoms with Gasteiger partial charge in [0, 0.05) is 12.1 Å². The molecule has 1 aliphatic rings. The fraction of sp³-hybridized carbons (Fsp3) is 0.471. The summed E-state index contributed by atoms with van der Waals surface area (Å²) >= 11 is 0. The van der Waals surface area contributed by atoms with Gasteiger partial charge in [0.1, 0.15) is 0 Å². The number of carbonyl (C=O) groups is 3. The lowest BCUT2D eigenvalue weighted by molar-refractivity contribution is -0.116. The van der Waals surface area contributed by atoms with E-state index in [1.165, 1.54) is 32.4 Å². The minimum Gasteiger partial charge on any atom is -0.465 e. The summed E-state index contributed by atoms with van der Waals surface area (Å²) in [5.74, 6) is -0.816. The SMILES string of the molecule is COC(=O)c1cc(NC(=O)CCC2CCNC2)cc(C(=O)OC)c1.Cl. The molecule has 1 aliphatic heterocycles. The first-order valence-electron chi connectivity index (χ1n) is 7.85. The van der Waals surface area contributed by atoms with E-state index in [0.29, 0.717) is 18.0 Å². The summed E-state index contributed by atoms with van der Waals surface area (Å²) in [5, 5.41) is 5.99. The molecule has 2 rings (SSSR count). The van der Waals surface area contributed by atoms with Crippen molar-refractivity contribution < 1.29 is 23.9 Å². The number of amides is 1. The minimum atomic E-state index is -0.590. The number of ether oxygens (including phenoxy) is 2. The van der Waals surface area contributed by atoms with Gasteiger partial charge in [0.15, 0.2) is 0 Å². The second-order valence-electron chi connectivity index (χ2n) is 5.73. The van der Waals surface area contributed by atoms with Gasteiger partial charge in [-0.25, -0.2) is 9.59 Å². The first-order valence-corrected chi connectivity index (χ1v) is 7.85. The third kappa shape index (κ3) is 6.03. The molecule has 25 heavy (non-hydrogen) atoms. The van der Waals surface area contributed by atoms with Crippen molar-refractivity contribution in [1.82, 2.24) is 5.32 Å². The van der Waals surface area contributed by atoms with E-state index in [2.05, 4.69) is 20.1 Å². The predicted octanol–water partition coefficient (Wildman–Crippen LogP) is 2.01. The maximum Gasteiger partial charge on any atom is 0.337 e. The average molecular weight is 371 g/mol. The number of benzene rings is 1. The highest BCUT2D eigenvalue weighted by atomic mass is 35.5. The van der Waals surface area contributed by atoms with Crippen LogP contribution in [0.3, 0.4) is 0 Å². The molecule has 0 saturated carbocycles. The zero-order chi connectivity index (χ0) is 17.5. The van der Waals surface area contributed by atoms with Crippen molar-refractivity contribution in [2.24, 2.45) is 5.92 Å². The van der Waals surface area contributed by atoms with E-state index in [0.717, 1.165) is 25.9 Å². The Morgan fingerprint density at radius 1 is 1.12 bits per heavy atom. The summed E-state index contributed by atoms with van der Waals surface area (Å²) in [7, 11) is 2.50. The molecule has 1 fully saturated rings. The van der Waals surface area contributed by atoms with Crippen LogP contribution >= 0.6 is 12.4 Å². The van der Waals surface area contributed by atoms with E-state index in [1.807, 2.05) is 0 Å². The van der Waals surface area contributed by atoms with Gasteiger partial charge in [0.2, 0.25) is 5.91 Å². The van der Waals surface area contributed by atoms with Crippen molar-refractivity contribution in [2.75, 3.05) is 32.6 Å². The zero-order valence-electron chi connectivity index (χ0n) is 14.3. The Labute approximate surface area is 152 Å². The summed E-state index contributed by atoms with van der Waals surface area (Å²) in [5.41, 5.74) is 0.722. The lowest BCUT2D eigenvalue weighted by Crippen LogP contribution is -2.16. The third-order valence-corrected chi connectivity index (χ3v) is 4.00. The molecule has 1 saturated heterocycles. The summed E-state index contributed by atoms with van der Waals surface area (Å²) in [6, 6.07) is 4.33. The highest BCUT2D eigenvalue weighted by molar-refractivity contribution is 5.99. The molecular formula is C17H23ClN2O5. The Hall–Kier alpha value is -2.12. The van der Waals surface area contributed by atoms with E-state index in [4.69, 9.17) is 0 Å². The van der Waals surface area contributed by atoms with Crippen molar-refractivity contribution in [3.8, 4) is 0 Å².